The number of para-hydroxylation sites is 1. The Morgan fingerprint density at radius 2 is 2.00 bits per heavy atom. The Bertz CT molecular complexity index is 578. The van der Waals surface area contributed by atoms with Gasteiger partial charge < -0.3 is 9.15 Å². The summed E-state index contributed by atoms with van der Waals surface area (Å²) in [5, 5.41) is 0. The van der Waals surface area contributed by atoms with Crippen molar-refractivity contribution in [2.24, 2.45) is 5.84 Å². The molecule has 7 heteroatoms. The fraction of sp³-hybridized carbons (Fsp3) is 0.0833. The van der Waals surface area contributed by atoms with Gasteiger partial charge in [0.05, 0.1) is 20.8 Å². The molecule has 0 bridgehead atoms. The number of nitrogen functional groups attached to an aromatic ring is 1. The number of halogens is 2. The number of amides is 1. The van der Waals surface area contributed by atoms with E-state index in [0.717, 1.165) is 8.95 Å². The van der Waals surface area contributed by atoms with E-state index in [1.165, 1.54) is 12.3 Å². The molecule has 0 spiro atoms. The number of carbonyl (C=O) groups excluding carboxylic acids is 1. The molecule has 2 rings (SSSR count). The van der Waals surface area contributed by atoms with Gasteiger partial charge in [-0.1, -0.05) is 6.07 Å². The largest absolute Gasteiger partial charge is 0.483 e. The maximum absolute atomic E-state index is 11.5. The number of ether oxygens (including phenoxy) is 1. The molecule has 0 saturated carbocycles. The Labute approximate surface area is 126 Å². The van der Waals surface area contributed by atoms with Gasteiger partial charge >= 0.3 is 0 Å². The first-order chi connectivity index (χ1) is 9.13. The second-order valence-electron chi connectivity index (χ2n) is 3.57. The van der Waals surface area contributed by atoms with Crippen molar-refractivity contribution in [2.75, 3.05) is 0 Å². The molecule has 0 radical (unpaired) electrons. The van der Waals surface area contributed by atoms with Crippen LogP contribution in [-0.4, -0.2) is 5.91 Å². The highest BCUT2D eigenvalue weighted by Crippen LogP contribution is 2.33. The first kappa shape index (κ1) is 14.1. The molecule has 3 N–H and O–H groups in total. The molecule has 0 saturated heterocycles. The van der Waals surface area contributed by atoms with Crippen LogP contribution in [0.2, 0.25) is 0 Å². The summed E-state index contributed by atoms with van der Waals surface area (Å²) in [7, 11) is 0. The van der Waals surface area contributed by atoms with Gasteiger partial charge in [0.1, 0.15) is 12.4 Å². The summed E-state index contributed by atoms with van der Waals surface area (Å²) in [5.74, 6) is 5.72. The molecule has 0 aliphatic rings. The number of benzene rings is 1. The molecule has 1 aromatic heterocycles. The highest BCUT2D eigenvalue weighted by molar-refractivity contribution is 9.11. The number of hydrogen-bond donors (Lipinski definition) is 2. The molecule has 1 heterocycles. The van der Waals surface area contributed by atoms with Crippen LogP contribution < -0.4 is 16.0 Å². The molecule has 0 fully saturated rings. The second kappa shape index (κ2) is 6.23. The quantitative estimate of drug-likeness (QED) is 0.478. The van der Waals surface area contributed by atoms with E-state index in [-0.39, 0.29) is 6.61 Å². The van der Waals surface area contributed by atoms with Gasteiger partial charge in [0.25, 0.3) is 5.91 Å². The Hall–Kier alpha value is -1.31. The summed E-state index contributed by atoms with van der Waals surface area (Å²) in [6.07, 6.45) is 1.42. The van der Waals surface area contributed by atoms with Gasteiger partial charge in [0.2, 0.25) is 0 Å². The lowest BCUT2D eigenvalue weighted by Gasteiger charge is -2.09. The molecular formula is C12H10Br2N2O3. The number of furan rings is 1. The van der Waals surface area contributed by atoms with E-state index in [1.807, 2.05) is 18.2 Å². The van der Waals surface area contributed by atoms with Crippen molar-refractivity contribution in [3.63, 3.8) is 0 Å². The third kappa shape index (κ3) is 3.17. The summed E-state index contributed by atoms with van der Waals surface area (Å²) in [4.78, 5) is 11.5. The number of carbonyl (C=O) groups is 1. The lowest BCUT2D eigenvalue weighted by molar-refractivity contribution is 0.0949. The fourth-order valence-electron chi connectivity index (χ4n) is 1.49. The van der Waals surface area contributed by atoms with E-state index in [0.29, 0.717) is 17.1 Å². The SMILES string of the molecule is NNC(=O)c1ccoc1COc1c(Br)cccc1Br. The summed E-state index contributed by atoms with van der Waals surface area (Å²) < 4.78 is 12.5. The van der Waals surface area contributed by atoms with E-state index in [2.05, 4.69) is 37.3 Å². The van der Waals surface area contributed by atoms with Crippen molar-refractivity contribution in [1.29, 1.82) is 0 Å². The normalized spacial score (nSPS) is 10.3. The summed E-state index contributed by atoms with van der Waals surface area (Å²) in [6, 6.07) is 7.13. The van der Waals surface area contributed by atoms with Crippen LogP contribution in [-0.2, 0) is 6.61 Å². The lowest BCUT2D eigenvalue weighted by Crippen LogP contribution is -2.30. The topological polar surface area (TPSA) is 77.5 Å². The van der Waals surface area contributed by atoms with E-state index < -0.39 is 5.91 Å². The minimum absolute atomic E-state index is 0.122. The fourth-order valence-corrected chi connectivity index (χ4v) is 2.72. The third-order valence-electron chi connectivity index (χ3n) is 2.39. The van der Waals surface area contributed by atoms with E-state index >= 15 is 0 Å². The van der Waals surface area contributed by atoms with Crippen molar-refractivity contribution in [1.82, 2.24) is 5.43 Å². The minimum atomic E-state index is -0.418. The minimum Gasteiger partial charge on any atom is -0.483 e. The maximum atomic E-state index is 11.5. The van der Waals surface area contributed by atoms with E-state index in [1.54, 1.807) is 0 Å². The Morgan fingerprint density at radius 1 is 1.32 bits per heavy atom. The zero-order chi connectivity index (χ0) is 13.8. The summed E-state index contributed by atoms with van der Waals surface area (Å²) in [5.41, 5.74) is 2.41. The number of rotatable bonds is 4. The molecule has 2 aromatic rings. The molecule has 1 amide bonds. The predicted octanol–water partition coefficient (Wildman–Crippen LogP) is 2.99. The second-order valence-corrected chi connectivity index (χ2v) is 5.28. The van der Waals surface area contributed by atoms with Crippen molar-refractivity contribution in [3.8, 4) is 5.75 Å². The van der Waals surface area contributed by atoms with Gasteiger partial charge in [-0.3, -0.25) is 10.2 Å². The zero-order valence-corrected chi connectivity index (χ0v) is 12.8. The number of hydrazine groups is 1. The standard InChI is InChI=1S/C12H10Br2N2O3/c13-8-2-1-3-9(14)11(8)19-6-10-7(4-5-18-10)12(17)16-15/h1-5H,6,15H2,(H,16,17). The lowest BCUT2D eigenvalue weighted by atomic mass is 10.2. The van der Waals surface area contributed by atoms with Gasteiger partial charge in [-0.15, -0.1) is 0 Å². The Balaban J connectivity index is 2.15. The van der Waals surface area contributed by atoms with Gasteiger partial charge in [0, 0.05) is 0 Å². The molecule has 0 aliphatic carbocycles. The maximum Gasteiger partial charge on any atom is 0.268 e. The predicted molar refractivity (Wildman–Crippen MR) is 76.5 cm³/mol. The van der Waals surface area contributed by atoms with Crippen molar-refractivity contribution in [2.45, 2.75) is 6.61 Å². The van der Waals surface area contributed by atoms with Gasteiger partial charge in [-0.2, -0.15) is 0 Å². The van der Waals surface area contributed by atoms with Gasteiger partial charge in [0.15, 0.2) is 5.76 Å². The first-order valence-electron chi connectivity index (χ1n) is 5.27. The van der Waals surface area contributed by atoms with Crippen molar-refractivity contribution in [3.05, 3.63) is 50.8 Å². The highest BCUT2D eigenvalue weighted by atomic mass is 79.9. The third-order valence-corrected chi connectivity index (χ3v) is 3.64. The Kier molecular flexibility index (Phi) is 4.62. The van der Waals surface area contributed by atoms with E-state index in [9.17, 15) is 4.79 Å². The summed E-state index contributed by atoms with van der Waals surface area (Å²) >= 11 is 6.78. The van der Waals surface area contributed by atoms with Crippen LogP contribution in [0.25, 0.3) is 0 Å². The molecule has 0 atom stereocenters. The first-order valence-corrected chi connectivity index (χ1v) is 6.86. The van der Waals surface area contributed by atoms with Crippen molar-refractivity contribution >= 4 is 37.8 Å². The van der Waals surface area contributed by atoms with Crippen LogP contribution in [0.3, 0.4) is 0 Å². The molecule has 19 heavy (non-hydrogen) atoms. The van der Waals surface area contributed by atoms with Crippen LogP contribution in [0, 0.1) is 0 Å². The molecule has 100 valence electrons. The number of nitrogens with one attached hydrogen (secondary N) is 1. The molecule has 0 aliphatic heterocycles. The molecule has 0 unspecified atom stereocenters. The van der Waals surface area contributed by atoms with Crippen LogP contribution in [0.1, 0.15) is 16.1 Å². The Morgan fingerprint density at radius 3 is 2.63 bits per heavy atom. The summed E-state index contributed by atoms with van der Waals surface area (Å²) in [6.45, 7) is 0.122. The highest BCUT2D eigenvalue weighted by Gasteiger charge is 2.15. The van der Waals surface area contributed by atoms with Crippen molar-refractivity contribution < 1.29 is 13.9 Å². The molecule has 1 aromatic carbocycles. The van der Waals surface area contributed by atoms with Crippen LogP contribution in [0.5, 0.6) is 5.75 Å². The zero-order valence-electron chi connectivity index (χ0n) is 9.65. The van der Waals surface area contributed by atoms with Gasteiger partial charge in [-0.05, 0) is 50.1 Å². The van der Waals surface area contributed by atoms with E-state index in [4.69, 9.17) is 15.0 Å². The average Bonchev–Trinajstić information content (AvgIpc) is 2.85. The molecule has 5 nitrogen and oxygen atoms in total. The monoisotopic (exact) mass is 388 g/mol. The van der Waals surface area contributed by atoms with Crippen LogP contribution in [0.15, 0.2) is 43.9 Å². The van der Waals surface area contributed by atoms with Crippen LogP contribution in [0.4, 0.5) is 0 Å². The average molecular weight is 390 g/mol. The smallest absolute Gasteiger partial charge is 0.268 e. The molecular weight excluding hydrogens is 380 g/mol. The number of nitrogens with two attached hydrogens (primary N) is 1. The van der Waals surface area contributed by atoms with Crippen LogP contribution >= 0.6 is 31.9 Å². The number of hydrogen-bond acceptors (Lipinski definition) is 4. The van der Waals surface area contributed by atoms with Gasteiger partial charge in [-0.25, -0.2) is 5.84 Å².